The maximum absolute atomic E-state index is 5.40. The molecule has 0 aliphatic heterocycles. The van der Waals surface area contributed by atoms with E-state index in [1.54, 1.807) is 11.3 Å². The van der Waals surface area contributed by atoms with E-state index < -0.39 is 0 Å². The number of halogens is 1. The first-order valence-electron chi connectivity index (χ1n) is 6.55. The van der Waals surface area contributed by atoms with E-state index in [9.17, 15) is 0 Å². The first-order valence-corrected chi connectivity index (χ1v) is 8.15. The molecular weight excluding hydrogens is 356 g/mol. The van der Waals surface area contributed by atoms with Gasteiger partial charge in [0, 0.05) is 11.4 Å². The van der Waals surface area contributed by atoms with Crippen LogP contribution in [0, 0.1) is 0 Å². The molecule has 0 saturated carbocycles. The third kappa shape index (κ3) is 5.10. The van der Waals surface area contributed by atoms with Gasteiger partial charge in [0.05, 0.1) is 10.4 Å². The lowest BCUT2D eigenvalue weighted by Crippen LogP contribution is -2.15. The van der Waals surface area contributed by atoms with Crippen LogP contribution in [0.4, 0.5) is 11.9 Å². The quantitative estimate of drug-likeness (QED) is 0.483. The average Bonchev–Trinajstić information content (AvgIpc) is 2.90. The molecule has 7 nitrogen and oxygen atoms in total. The van der Waals surface area contributed by atoms with Gasteiger partial charge in [-0.05, 0) is 40.9 Å². The standard InChI is InChI=1S/C12H17BrN6OS/c1-2-7-20-12-17-10(16-11(18-12)19-14)15-6-5-8-3-4-9(13)21-8/h3-4H,2,5-7,14H2,1H3,(H2,15,16,17,18,19). The van der Waals surface area contributed by atoms with Crippen molar-refractivity contribution < 1.29 is 4.74 Å². The Morgan fingerprint density at radius 1 is 1.29 bits per heavy atom. The van der Waals surface area contributed by atoms with Gasteiger partial charge in [-0.2, -0.15) is 15.0 Å². The predicted molar refractivity (Wildman–Crippen MR) is 87.6 cm³/mol. The fourth-order valence-corrected chi connectivity index (χ4v) is 3.02. The fraction of sp³-hybridized carbons (Fsp3) is 0.417. The largest absolute Gasteiger partial charge is 0.463 e. The molecule has 4 N–H and O–H groups in total. The summed E-state index contributed by atoms with van der Waals surface area (Å²) in [6, 6.07) is 4.39. The van der Waals surface area contributed by atoms with Crippen molar-refractivity contribution in [2.75, 3.05) is 23.9 Å². The van der Waals surface area contributed by atoms with E-state index in [0.717, 1.165) is 16.6 Å². The van der Waals surface area contributed by atoms with E-state index >= 15 is 0 Å². The fourth-order valence-electron chi connectivity index (χ4n) is 1.54. The van der Waals surface area contributed by atoms with Crippen molar-refractivity contribution in [1.29, 1.82) is 0 Å². The van der Waals surface area contributed by atoms with E-state index in [1.165, 1.54) is 4.88 Å². The summed E-state index contributed by atoms with van der Waals surface area (Å²) >= 11 is 5.16. The summed E-state index contributed by atoms with van der Waals surface area (Å²) in [7, 11) is 0. The lowest BCUT2D eigenvalue weighted by molar-refractivity contribution is 0.292. The molecule has 2 aromatic rings. The van der Waals surface area contributed by atoms with E-state index in [-0.39, 0.29) is 12.0 Å². The summed E-state index contributed by atoms with van der Waals surface area (Å²) in [6.07, 6.45) is 1.77. The van der Waals surface area contributed by atoms with Crippen LogP contribution in [0.3, 0.4) is 0 Å². The third-order valence-corrected chi connectivity index (χ3v) is 4.15. The van der Waals surface area contributed by atoms with Crippen molar-refractivity contribution in [3.05, 3.63) is 20.8 Å². The van der Waals surface area contributed by atoms with Gasteiger partial charge in [-0.15, -0.1) is 11.3 Å². The number of hydrazine groups is 1. The van der Waals surface area contributed by atoms with E-state index in [2.05, 4.69) is 47.7 Å². The number of nitrogens with one attached hydrogen (secondary N) is 2. The lowest BCUT2D eigenvalue weighted by atomic mass is 10.3. The normalized spacial score (nSPS) is 10.4. The molecule has 114 valence electrons. The van der Waals surface area contributed by atoms with Crippen LogP contribution < -0.4 is 21.3 Å². The zero-order chi connectivity index (χ0) is 15.1. The molecule has 0 radical (unpaired) electrons. The van der Waals surface area contributed by atoms with Crippen LogP contribution in [0.15, 0.2) is 15.9 Å². The molecule has 2 heterocycles. The highest BCUT2D eigenvalue weighted by Gasteiger charge is 2.06. The van der Waals surface area contributed by atoms with Gasteiger partial charge in [0.15, 0.2) is 0 Å². The minimum Gasteiger partial charge on any atom is -0.463 e. The highest BCUT2D eigenvalue weighted by atomic mass is 79.9. The van der Waals surface area contributed by atoms with Crippen molar-refractivity contribution in [3.63, 3.8) is 0 Å². The van der Waals surface area contributed by atoms with Gasteiger partial charge in [-0.1, -0.05) is 6.92 Å². The Labute approximate surface area is 135 Å². The molecule has 0 unspecified atom stereocenters. The predicted octanol–water partition coefficient (Wildman–Crippen LogP) is 2.42. The molecule has 0 atom stereocenters. The number of nitrogens with zero attached hydrogens (tertiary/aromatic N) is 3. The van der Waals surface area contributed by atoms with Crippen LogP contribution in [0.1, 0.15) is 18.2 Å². The Kier molecular flexibility index (Phi) is 6.15. The van der Waals surface area contributed by atoms with Crippen LogP contribution in [-0.4, -0.2) is 28.1 Å². The zero-order valence-corrected chi connectivity index (χ0v) is 14.0. The van der Waals surface area contributed by atoms with Gasteiger partial charge in [0.1, 0.15) is 0 Å². The number of nitrogen functional groups attached to an aromatic ring is 1. The van der Waals surface area contributed by atoms with Crippen LogP contribution in [0.25, 0.3) is 0 Å². The molecule has 0 aliphatic carbocycles. The second-order valence-electron chi connectivity index (χ2n) is 4.14. The van der Waals surface area contributed by atoms with Crippen molar-refractivity contribution in [2.24, 2.45) is 5.84 Å². The SMILES string of the molecule is CCCOc1nc(NN)nc(NCCc2ccc(Br)s2)n1. The average molecular weight is 373 g/mol. The molecule has 0 aliphatic rings. The molecule has 21 heavy (non-hydrogen) atoms. The Hall–Kier alpha value is -1.45. The van der Waals surface area contributed by atoms with Gasteiger partial charge >= 0.3 is 6.01 Å². The summed E-state index contributed by atoms with van der Waals surface area (Å²) in [5, 5.41) is 3.15. The van der Waals surface area contributed by atoms with E-state index in [1.807, 2.05) is 13.0 Å². The molecule has 0 spiro atoms. The maximum Gasteiger partial charge on any atom is 0.323 e. The smallest absolute Gasteiger partial charge is 0.323 e. The van der Waals surface area contributed by atoms with Crippen LogP contribution in [0.5, 0.6) is 6.01 Å². The van der Waals surface area contributed by atoms with Gasteiger partial charge in [0.2, 0.25) is 11.9 Å². The summed E-state index contributed by atoms with van der Waals surface area (Å²) in [5.74, 6) is 6.07. The van der Waals surface area contributed by atoms with Crippen molar-refractivity contribution in [1.82, 2.24) is 15.0 Å². The zero-order valence-electron chi connectivity index (χ0n) is 11.6. The van der Waals surface area contributed by atoms with Crippen LogP contribution in [-0.2, 0) is 6.42 Å². The third-order valence-electron chi connectivity index (χ3n) is 2.46. The monoisotopic (exact) mass is 372 g/mol. The summed E-state index contributed by atoms with van der Waals surface area (Å²) in [4.78, 5) is 13.7. The number of nitrogens with two attached hydrogens (primary N) is 1. The molecule has 2 rings (SSSR count). The Bertz CT molecular complexity index is 579. The van der Waals surface area contributed by atoms with Crippen molar-refractivity contribution >= 4 is 39.2 Å². The van der Waals surface area contributed by atoms with Gasteiger partial charge in [0.25, 0.3) is 0 Å². The lowest BCUT2D eigenvalue weighted by Gasteiger charge is -2.08. The summed E-state index contributed by atoms with van der Waals surface area (Å²) in [6.45, 7) is 3.28. The van der Waals surface area contributed by atoms with Crippen LogP contribution >= 0.6 is 27.3 Å². The molecule has 0 aromatic carbocycles. The highest BCUT2D eigenvalue weighted by molar-refractivity contribution is 9.11. The number of thiophene rings is 1. The van der Waals surface area contributed by atoms with Crippen molar-refractivity contribution in [2.45, 2.75) is 19.8 Å². The van der Waals surface area contributed by atoms with Crippen molar-refractivity contribution in [3.8, 4) is 6.01 Å². The van der Waals surface area contributed by atoms with Crippen LogP contribution in [0.2, 0.25) is 0 Å². The molecule has 2 aromatic heterocycles. The molecule has 0 bridgehead atoms. The number of hydrogen-bond acceptors (Lipinski definition) is 8. The number of hydrogen-bond donors (Lipinski definition) is 3. The maximum atomic E-state index is 5.40. The van der Waals surface area contributed by atoms with Gasteiger partial charge < -0.3 is 10.1 Å². The summed E-state index contributed by atoms with van der Waals surface area (Å²) < 4.78 is 6.53. The molecule has 0 fully saturated rings. The Morgan fingerprint density at radius 2 is 2.10 bits per heavy atom. The van der Waals surface area contributed by atoms with E-state index in [4.69, 9.17) is 10.6 Å². The highest BCUT2D eigenvalue weighted by Crippen LogP contribution is 2.22. The minimum atomic E-state index is 0.265. The van der Waals surface area contributed by atoms with E-state index in [0.29, 0.717) is 19.1 Å². The number of aromatic nitrogens is 3. The number of ether oxygens (including phenoxy) is 1. The molecule has 0 saturated heterocycles. The second kappa shape index (κ2) is 8.11. The Morgan fingerprint density at radius 3 is 2.76 bits per heavy atom. The number of rotatable bonds is 8. The first-order chi connectivity index (χ1) is 10.2. The molecule has 9 heteroatoms. The minimum absolute atomic E-state index is 0.265. The Balaban J connectivity index is 1.94. The first kappa shape index (κ1) is 15.9. The van der Waals surface area contributed by atoms with Gasteiger partial charge in [-0.25, -0.2) is 5.84 Å². The number of anilines is 2. The van der Waals surface area contributed by atoms with Gasteiger partial charge in [-0.3, -0.25) is 5.43 Å². The topological polar surface area (TPSA) is 98.0 Å². The second-order valence-corrected chi connectivity index (χ2v) is 6.69. The summed E-state index contributed by atoms with van der Waals surface area (Å²) in [5.41, 5.74) is 2.41. The molecular formula is C12H17BrN6OS. The molecule has 0 amide bonds.